The van der Waals surface area contributed by atoms with Crippen LogP contribution in [0.2, 0.25) is 0 Å². The number of unbranched alkanes of at least 4 members (excludes halogenated alkanes) is 37. The molecule has 0 heterocycles. The zero-order chi connectivity index (χ0) is 45.0. The molecule has 0 aromatic rings. The predicted octanol–water partition coefficient (Wildman–Crippen LogP) is 15.1. The number of nitrogens with zero attached hydrogens (tertiary/aromatic N) is 1. The van der Waals surface area contributed by atoms with Crippen LogP contribution in [0.15, 0.2) is 0 Å². The van der Waals surface area contributed by atoms with Gasteiger partial charge in [-0.1, -0.05) is 258 Å². The topological polar surface area (TPSA) is 108 Å². The summed E-state index contributed by atoms with van der Waals surface area (Å²) < 4.78 is 23.4. The van der Waals surface area contributed by atoms with Gasteiger partial charge in [-0.05, 0) is 12.8 Å². The quantitative estimate of drug-likeness (QED) is 0.0358. The van der Waals surface area contributed by atoms with Crippen LogP contribution in [0.3, 0.4) is 0 Å². The zero-order valence-corrected chi connectivity index (χ0v) is 42.5. The number of carbonyl (C=O) groups excluding carboxylic acids is 1. The number of quaternary nitrogens is 1. The number of likely N-dealkylation sites (N-methyl/N-ethyl adjacent to an activating group) is 1. The van der Waals surface area contributed by atoms with E-state index in [1.807, 2.05) is 21.1 Å². The van der Waals surface area contributed by atoms with Crippen LogP contribution in [0.4, 0.5) is 0 Å². The molecule has 3 atom stereocenters. The predicted molar refractivity (Wildman–Crippen MR) is 261 cm³/mol. The normalized spacial score (nSPS) is 14.0. The first kappa shape index (κ1) is 60.5. The molecule has 3 unspecified atom stereocenters. The monoisotopic (exact) mass is 887 g/mol. The van der Waals surface area contributed by atoms with Crippen molar-refractivity contribution in [2.45, 2.75) is 289 Å². The Bertz CT molecular complexity index is 963. The molecular weight excluding hydrogens is 780 g/mol. The van der Waals surface area contributed by atoms with Crippen molar-refractivity contribution in [3.05, 3.63) is 0 Å². The molecule has 0 fully saturated rings. The number of hydrogen-bond acceptors (Lipinski definition) is 6. The highest BCUT2D eigenvalue weighted by Gasteiger charge is 2.24. The van der Waals surface area contributed by atoms with E-state index < -0.39 is 20.0 Å². The van der Waals surface area contributed by atoms with Crippen molar-refractivity contribution in [3.8, 4) is 0 Å². The summed E-state index contributed by atoms with van der Waals surface area (Å²) in [6.07, 6.45) is 51.2. The molecule has 0 saturated heterocycles. The highest BCUT2D eigenvalue weighted by atomic mass is 31.2. The van der Waals surface area contributed by atoms with Crippen LogP contribution < -0.4 is 10.2 Å². The van der Waals surface area contributed by atoms with Crippen molar-refractivity contribution in [1.29, 1.82) is 0 Å². The fourth-order valence-electron chi connectivity index (χ4n) is 8.34. The number of carbonyl (C=O) groups is 1. The molecule has 1 amide bonds. The molecule has 0 bridgehead atoms. The Balaban J connectivity index is 4.10. The third kappa shape index (κ3) is 47.3. The van der Waals surface area contributed by atoms with Gasteiger partial charge in [-0.2, -0.15) is 0 Å². The second kappa shape index (κ2) is 44.7. The van der Waals surface area contributed by atoms with E-state index in [0.717, 1.165) is 38.5 Å². The summed E-state index contributed by atoms with van der Waals surface area (Å²) in [7, 11) is 1.32. The molecule has 0 aromatic carbocycles. The second-order valence-electron chi connectivity index (χ2n) is 20.0. The molecular formula is C52H107N2O6P. The van der Waals surface area contributed by atoms with Crippen LogP contribution in [-0.4, -0.2) is 68.5 Å². The minimum Gasteiger partial charge on any atom is -0.756 e. The smallest absolute Gasteiger partial charge is 0.268 e. The fourth-order valence-corrected chi connectivity index (χ4v) is 9.06. The van der Waals surface area contributed by atoms with Crippen molar-refractivity contribution in [2.75, 3.05) is 40.9 Å². The molecule has 0 aromatic heterocycles. The Morgan fingerprint density at radius 2 is 0.803 bits per heavy atom. The van der Waals surface area contributed by atoms with Gasteiger partial charge in [-0.15, -0.1) is 0 Å². The van der Waals surface area contributed by atoms with Gasteiger partial charge in [0.05, 0.1) is 39.9 Å². The summed E-state index contributed by atoms with van der Waals surface area (Å²) in [4.78, 5) is 25.4. The molecule has 0 aliphatic heterocycles. The van der Waals surface area contributed by atoms with E-state index in [-0.39, 0.29) is 19.1 Å². The van der Waals surface area contributed by atoms with Gasteiger partial charge in [-0.3, -0.25) is 9.36 Å². The van der Waals surface area contributed by atoms with Crippen molar-refractivity contribution in [1.82, 2.24) is 5.32 Å². The van der Waals surface area contributed by atoms with Crippen LogP contribution in [-0.2, 0) is 18.4 Å². The van der Waals surface area contributed by atoms with Crippen LogP contribution in [0.1, 0.15) is 277 Å². The lowest BCUT2D eigenvalue weighted by Crippen LogP contribution is -2.46. The van der Waals surface area contributed by atoms with Gasteiger partial charge >= 0.3 is 0 Å². The van der Waals surface area contributed by atoms with Crippen LogP contribution in [0.5, 0.6) is 0 Å². The van der Waals surface area contributed by atoms with Gasteiger partial charge in [0.15, 0.2) is 0 Å². The van der Waals surface area contributed by atoms with Crippen LogP contribution in [0.25, 0.3) is 0 Å². The molecule has 0 spiro atoms. The summed E-state index contributed by atoms with van der Waals surface area (Å²) in [5, 5.41) is 14.0. The largest absolute Gasteiger partial charge is 0.756 e. The number of nitrogens with one attached hydrogen (secondary N) is 1. The molecule has 0 radical (unpaired) electrons. The zero-order valence-electron chi connectivity index (χ0n) is 41.7. The van der Waals surface area contributed by atoms with Crippen molar-refractivity contribution in [3.63, 3.8) is 0 Å². The lowest BCUT2D eigenvalue weighted by atomic mass is 10.0. The van der Waals surface area contributed by atoms with Gasteiger partial charge in [0.25, 0.3) is 7.82 Å². The summed E-state index contributed by atoms with van der Waals surface area (Å²) in [6.45, 7) is 4.76. The maximum Gasteiger partial charge on any atom is 0.268 e. The molecule has 61 heavy (non-hydrogen) atoms. The van der Waals surface area contributed by atoms with Gasteiger partial charge in [0, 0.05) is 6.42 Å². The number of hydrogen-bond donors (Lipinski definition) is 2. The average molecular weight is 887 g/mol. The highest BCUT2D eigenvalue weighted by molar-refractivity contribution is 7.45. The number of aliphatic hydroxyl groups is 1. The second-order valence-corrected chi connectivity index (χ2v) is 21.4. The third-order valence-electron chi connectivity index (χ3n) is 12.6. The average Bonchev–Trinajstić information content (AvgIpc) is 3.21. The minimum absolute atomic E-state index is 0.0164. The highest BCUT2D eigenvalue weighted by Crippen LogP contribution is 2.38. The van der Waals surface area contributed by atoms with Gasteiger partial charge in [0.2, 0.25) is 5.91 Å². The molecule has 0 aliphatic carbocycles. The number of phosphoric ester groups is 1. The van der Waals surface area contributed by atoms with E-state index in [0.29, 0.717) is 23.9 Å². The Labute approximate surface area is 380 Å². The van der Waals surface area contributed by atoms with E-state index in [1.54, 1.807) is 0 Å². The fraction of sp³-hybridized carbons (Fsp3) is 0.981. The van der Waals surface area contributed by atoms with E-state index in [9.17, 15) is 19.4 Å². The Morgan fingerprint density at radius 3 is 1.11 bits per heavy atom. The van der Waals surface area contributed by atoms with Crippen molar-refractivity contribution in [2.24, 2.45) is 0 Å². The lowest BCUT2D eigenvalue weighted by Gasteiger charge is -2.30. The molecule has 9 heteroatoms. The van der Waals surface area contributed by atoms with E-state index in [2.05, 4.69) is 19.2 Å². The number of amides is 1. The van der Waals surface area contributed by atoms with E-state index >= 15 is 0 Å². The standard InChI is InChI=1S/C52H107N2O6P/c1-6-8-10-12-14-16-18-20-22-23-24-25-26-27-28-29-30-31-32-34-36-38-40-42-44-46-52(56)53-50(49-60-61(57,58)59-48-47-54(3,4)5)51(55)45-43-41-39-37-35-33-21-19-17-15-13-11-9-7-2/h50-51,55H,6-49H2,1-5H3,(H-,53,56,57,58). The summed E-state index contributed by atoms with van der Waals surface area (Å²) in [5.74, 6) is -0.158. The Morgan fingerprint density at radius 1 is 0.508 bits per heavy atom. The first-order chi connectivity index (χ1) is 29.5. The number of phosphoric acid groups is 1. The molecule has 0 rings (SSSR count). The Kier molecular flexibility index (Phi) is 44.3. The molecule has 0 saturated carbocycles. The summed E-state index contributed by atoms with van der Waals surface area (Å²) in [5.41, 5.74) is 0. The third-order valence-corrected chi connectivity index (χ3v) is 13.6. The van der Waals surface area contributed by atoms with Gasteiger partial charge < -0.3 is 28.8 Å². The molecule has 0 aliphatic rings. The minimum atomic E-state index is -4.56. The lowest BCUT2D eigenvalue weighted by molar-refractivity contribution is -0.870. The first-order valence-electron chi connectivity index (χ1n) is 26.9. The van der Waals surface area contributed by atoms with Crippen molar-refractivity contribution >= 4 is 13.7 Å². The number of rotatable bonds is 50. The maximum absolute atomic E-state index is 12.9. The van der Waals surface area contributed by atoms with Crippen LogP contribution >= 0.6 is 7.82 Å². The van der Waals surface area contributed by atoms with E-state index in [1.165, 1.54) is 212 Å². The van der Waals surface area contributed by atoms with Crippen LogP contribution in [0, 0.1) is 0 Å². The summed E-state index contributed by atoms with van der Waals surface area (Å²) in [6, 6.07) is -0.794. The van der Waals surface area contributed by atoms with Gasteiger partial charge in [-0.25, -0.2) is 0 Å². The number of aliphatic hydroxyl groups excluding tert-OH is 1. The SMILES string of the molecule is CCCCCCCCCCCCCCCCCCCCCCCCCCCC(=O)NC(COP(=O)([O-])OCC[N+](C)(C)C)C(O)CCCCCCCCCCCCCCCC. The first-order valence-corrected chi connectivity index (χ1v) is 28.3. The maximum atomic E-state index is 12.9. The summed E-state index contributed by atoms with van der Waals surface area (Å²) >= 11 is 0. The molecule has 8 nitrogen and oxygen atoms in total. The van der Waals surface area contributed by atoms with Gasteiger partial charge in [0.1, 0.15) is 13.2 Å². The van der Waals surface area contributed by atoms with Crippen molar-refractivity contribution < 1.29 is 32.9 Å². The van der Waals surface area contributed by atoms with E-state index in [4.69, 9.17) is 9.05 Å². The molecule has 2 N–H and O–H groups in total. The molecule has 366 valence electrons. The Hall–Kier alpha value is -0.500.